The molecule has 0 saturated carbocycles. The molecule has 0 radical (unpaired) electrons. The summed E-state index contributed by atoms with van der Waals surface area (Å²) in [5, 5.41) is 0. The Kier molecular flexibility index (Phi) is 16.2. The van der Waals surface area contributed by atoms with Gasteiger partial charge in [-0.2, -0.15) is 0 Å². The molecule has 0 aromatic rings. The molecule has 2 nitrogen and oxygen atoms in total. The van der Waals surface area contributed by atoms with E-state index in [-0.39, 0.29) is 11.9 Å². The Bertz CT molecular complexity index is 226. The van der Waals surface area contributed by atoms with E-state index in [2.05, 4.69) is 36.8 Å². The zero-order chi connectivity index (χ0) is 12.1. The van der Waals surface area contributed by atoms with E-state index in [1.165, 1.54) is 0 Å². The van der Waals surface area contributed by atoms with Gasteiger partial charge in [0.05, 0.1) is 5.92 Å². The minimum Gasteiger partial charge on any atom is -0.461 e. The molecule has 0 fully saturated rings. The number of carbonyl (C=O) groups is 1. The van der Waals surface area contributed by atoms with E-state index in [9.17, 15) is 4.79 Å². The van der Waals surface area contributed by atoms with Crippen LogP contribution in [0.2, 0.25) is 0 Å². The first kappa shape index (κ1) is 17.4. The van der Waals surface area contributed by atoms with Crippen LogP contribution < -0.4 is 0 Å². The molecule has 6 heteroatoms. The number of carbonyl (C=O) groups excluding carboxylic acids is 1. The molecule has 15 heavy (non-hydrogen) atoms. The Morgan fingerprint density at radius 2 is 1.93 bits per heavy atom. The Balaban J connectivity index is 0. The molecule has 0 spiro atoms. The molecular weight excluding hydrogens is 266 g/mol. The van der Waals surface area contributed by atoms with Crippen molar-refractivity contribution in [1.82, 2.24) is 0 Å². The molecule has 0 saturated heterocycles. The lowest BCUT2D eigenvalue weighted by Gasteiger charge is -2.06. The van der Waals surface area contributed by atoms with Crippen LogP contribution in [0, 0.1) is 5.92 Å². The average molecular weight is 280 g/mol. The Morgan fingerprint density at radius 1 is 1.40 bits per heavy atom. The lowest BCUT2D eigenvalue weighted by Crippen LogP contribution is -2.13. The molecule has 0 aliphatic rings. The van der Waals surface area contributed by atoms with Crippen LogP contribution in [-0.4, -0.2) is 12.6 Å². The van der Waals surface area contributed by atoms with Gasteiger partial charge in [-0.25, -0.2) is 0 Å². The molecular formula is C9H14O2P2S2. The van der Waals surface area contributed by atoms with Crippen molar-refractivity contribution in [3.8, 4) is 0 Å². The predicted octanol–water partition coefficient (Wildman–Crippen LogP) is 3.65. The second-order valence-electron chi connectivity index (χ2n) is 2.51. The summed E-state index contributed by atoms with van der Waals surface area (Å²) in [5.41, 5.74) is 0. The SMILES string of the molecule is C=CCOC(=O)C(C)CC=C.S=PP=S. The van der Waals surface area contributed by atoms with E-state index in [1.807, 2.05) is 6.92 Å². The van der Waals surface area contributed by atoms with E-state index >= 15 is 0 Å². The number of rotatable bonds is 6. The number of allylic oxidation sites excluding steroid dienone is 1. The average Bonchev–Trinajstić information content (AvgIpc) is 2.26. The number of esters is 1. The lowest BCUT2D eigenvalue weighted by atomic mass is 10.1. The van der Waals surface area contributed by atoms with Gasteiger partial charge in [-0.05, 0) is 30.0 Å². The summed E-state index contributed by atoms with van der Waals surface area (Å²) < 4.78 is 4.80. The van der Waals surface area contributed by atoms with Gasteiger partial charge in [-0.1, -0.05) is 25.7 Å². The second-order valence-corrected chi connectivity index (χ2v) is 6.75. The summed E-state index contributed by atoms with van der Waals surface area (Å²) in [4.78, 5) is 11.0. The fourth-order valence-electron chi connectivity index (χ4n) is 0.630. The highest BCUT2D eigenvalue weighted by molar-refractivity contribution is 8.40. The van der Waals surface area contributed by atoms with Crippen molar-refractivity contribution in [2.45, 2.75) is 13.3 Å². The molecule has 0 aromatic carbocycles. The Hall–Kier alpha value is -0.0100. The van der Waals surface area contributed by atoms with E-state index in [4.69, 9.17) is 4.74 Å². The zero-order valence-electron chi connectivity index (χ0n) is 8.59. The maximum atomic E-state index is 11.0. The van der Waals surface area contributed by atoms with Gasteiger partial charge in [0.2, 0.25) is 0 Å². The number of hydrogen-bond donors (Lipinski definition) is 0. The van der Waals surface area contributed by atoms with Gasteiger partial charge in [-0.3, -0.25) is 4.79 Å². The van der Waals surface area contributed by atoms with Crippen LogP contribution in [0.4, 0.5) is 0 Å². The molecule has 0 aromatic heterocycles. The topological polar surface area (TPSA) is 26.3 Å². The maximum Gasteiger partial charge on any atom is 0.309 e. The molecule has 0 heterocycles. The molecule has 1 atom stereocenters. The fourth-order valence-corrected chi connectivity index (χ4v) is 0.630. The third-order valence-corrected chi connectivity index (χ3v) is 3.97. The van der Waals surface area contributed by atoms with Crippen LogP contribution >= 0.6 is 14.1 Å². The van der Waals surface area contributed by atoms with Gasteiger partial charge >= 0.3 is 5.97 Å². The molecule has 1 unspecified atom stereocenters. The number of ether oxygens (including phenoxy) is 1. The van der Waals surface area contributed by atoms with Gasteiger partial charge < -0.3 is 4.74 Å². The van der Waals surface area contributed by atoms with Gasteiger partial charge in [0, 0.05) is 14.1 Å². The van der Waals surface area contributed by atoms with Crippen LogP contribution in [0.1, 0.15) is 13.3 Å². The van der Waals surface area contributed by atoms with E-state index in [1.54, 1.807) is 12.2 Å². The summed E-state index contributed by atoms with van der Waals surface area (Å²) >= 11 is 8.82. The molecule has 0 bridgehead atoms. The monoisotopic (exact) mass is 280 g/mol. The first-order valence-corrected chi connectivity index (χ1v) is 8.69. The van der Waals surface area contributed by atoms with Crippen molar-refractivity contribution < 1.29 is 9.53 Å². The van der Waals surface area contributed by atoms with Gasteiger partial charge in [-0.15, -0.1) is 6.58 Å². The van der Waals surface area contributed by atoms with Gasteiger partial charge in [0.1, 0.15) is 6.61 Å². The van der Waals surface area contributed by atoms with Crippen molar-refractivity contribution in [1.29, 1.82) is 0 Å². The van der Waals surface area contributed by atoms with E-state index in [0.717, 1.165) is 14.1 Å². The van der Waals surface area contributed by atoms with Crippen LogP contribution in [0.3, 0.4) is 0 Å². The van der Waals surface area contributed by atoms with Crippen molar-refractivity contribution >= 4 is 43.7 Å². The summed E-state index contributed by atoms with van der Waals surface area (Å²) in [7, 11) is 1.74. The number of hydrogen-bond acceptors (Lipinski definition) is 4. The second kappa shape index (κ2) is 14.0. The Morgan fingerprint density at radius 3 is 2.27 bits per heavy atom. The Labute approximate surface area is 104 Å². The molecule has 0 amide bonds. The molecule has 0 aliphatic carbocycles. The minimum absolute atomic E-state index is 0.0903. The fraction of sp³-hybridized carbons (Fsp3) is 0.444. The highest BCUT2D eigenvalue weighted by Gasteiger charge is 2.10. The summed E-state index contributed by atoms with van der Waals surface area (Å²) in [6, 6.07) is 0. The molecule has 0 aliphatic heterocycles. The quantitative estimate of drug-likeness (QED) is 0.421. The van der Waals surface area contributed by atoms with Gasteiger partial charge in [0.25, 0.3) is 0 Å². The zero-order valence-corrected chi connectivity index (χ0v) is 12.0. The largest absolute Gasteiger partial charge is 0.461 e. The van der Waals surface area contributed by atoms with Crippen LogP contribution in [0.15, 0.2) is 25.3 Å². The maximum absolute atomic E-state index is 11.0. The highest BCUT2D eigenvalue weighted by atomic mass is 32.7. The molecule has 0 rings (SSSR count). The van der Waals surface area contributed by atoms with Crippen LogP contribution in [-0.2, 0) is 33.1 Å². The lowest BCUT2D eigenvalue weighted by molar-refractivity contribution is -0.146. The third-order valence-electron chi connectivity index (χ3n) is 1.30. The first-order valence-electron chi connectivity index (χ1n) is 4.17. The first-order chi connectivity index (χ1) is 7.13. The van der Waals surface area contributed by atoms with E-state index in [0.29, 0.717) is 13.0 Å². The van der Waals surface area contributed by atoms with Crippen molar-refractivity contribution in [3.63, 3.8) is 0 Å². The summed E-state index contributed by atoms with van der Waals surface area (Å²) in [6.07, 6.45) is 3.92. The highest BCUT2D eigenvalue weighted by Crippen LogP contribution is 2.10. The van der Waals surface area contributed by atoms with Crippen molar-refractivity contribution in [2.24, 2.45) is 5.92 Å². The van der Waals surface area contributed by atoms with Crippen molar-refractivity contribution in [3.05, 3.63) is 25.3 Å². The van der Waals surface area contributed by atoms with Crippen LogP contribution in [0.25, 0.3) is 0 Å². The predicted molar refractivity (Wildman–Crippen MR) is 73.7 cm³/mol. The van der Waals surface area contributed by atoms with E-state index < -0.39 is 0 Å². The van der Waals surface area contributed by atoms with Crippen molar-refractivity contribution in [2.75, 3.05) is 6.61 Å². The van der Waals surface area contributed by atoms with Gasteiger partial charge in [0.15, 0.2) is 0 Å². The standard InChI is InChI=1S/C9H14O2.P2S2/c1-4-6-8(3)9(10)11-7-5-2;3-1-2-4/h4-5,8H,1-2,6-7H2,3H3;. The third kappa shape index (κ3) is 14.0. The smallest absolute Gasteiger partial charge is 0.309 e. The summed E-state index contributed by atoms with van der Waals surface area (Å²) in [5.74, 6) is -0.280. The normalized spacial score (nSPS) is 11.0. The summed E-state index contributed by atoms with van der Waals surface area (Å²) in [6.45, 7) is 9.08. The molecule has 84 valence electrons. The molecule has 0 N–H and O–H groups in total. The van der Waals surface area contributed by atoms with Crippen LogP contribution in [0.5, 0.6) is 0 Å². The minimum atomic E-state index is -0.190.